The molecule has 0 aromatic heterocycles. The number of amides is 1. The van der Waals surface area contributed by atoms with E-state index in [0.29, 0.717) is 5.56 Å². The normalized spacial score (nSPS) is 27.2. The SMILES string of the molecule is Cc1ccc(C(=O)N[C@@H]2CS(=O)(=O)C[C@H]2N2CCCC2)cc1C. The Morgan fingerprint density at radius 2 is 1.83 bits per heavy atom. The molecule has 0 saturated carbocycles. The summed E-state index contributed by atoms with van der Waals surface area (Å²) in [6, 6.07) is 5.18. The molecule has 1 amide bonds. The Balaban J connectivity index is 1.76. The van der Waals surface area contributed by atoms with E-state index in [9.17, 15) is 13.2 Å². The van der Waals surface area contributed by atoms with Crippen molar-refractivity contribution in [3.63, 3.8) is 0 Å². The zero-order chi connectivity index (χ0) is 16.6. The maximum Gasteiger partial charge on any atom is 0.251 e. The van der Waals surface area contributed by atoms with Crippen molar-refractivity contribution in [3.8, 4) is 0 Å². The largest absolute Gasteiger partial charge is 0.347 e. The summed E-state index contributed by atoms with van der Waals surface area (Å²) >= 11 is 0. The number of aryl methyl sites for hydroxylation is 2. The predicted octanol–water partition coefficient (Wildman–Crippen LogP) is 1.29. The predicted molar refractivity (Wildman–Crippen MR) is 90.4 cm³/mol. The second-order valence-corrected chi connectivity index (χ2v) is 8.92. The number of rotatable bonds is 3. The molecular weight excluding hydrogens is 312 g/mol. The van der Waals surface area contributed by atoms with Crippen molar-refractivity contribution in [2.24, 2.45) is 0 Å². The third-order valence-electron chi connectivity index (χ3n) is 5.02. The number of benzene rings is 1. The Kier molecular flexibility index (Phi) is 4.47. The van der Waals surface area contributed by atoms with E-state index in [2.05, 4.69) is 10.2 Å². The molecule has 2 saturated heterocycles. The number of sulfone groups is 1. The summed E-state index contributed by atoms with van der Waals surface area (Å²) in [5, 5.41) is 2.96. The van der Waals surface area contributed by atoms with E-state index in [1.165, 1.54) is 0 Å². The van der Waals surface area contributed by atoms with Gasteiger partial charge in [0, 0.05) is 11.6 Å². The van der Waals surface area contributed by atoms with Crippen molar-refractivity contribution in [2.75, 3.05) is 24.6 Å². The molecule has 0 aliphatic carbocycles. The molecule has 2 atom stereocenters. The number of carbonyl (C=O) groups is 1. The van der Waals surface area contributed by atoms with Gasteiger partial charge >= 0.3 is 0 Å². The highest BCUT2D eigenvalue weighted by atomic mass is 32.2. The summed E-state index contributed by atoms with van der Waals surface area (Å²) in [7, 11) is -3.08. The lowest BCUT2D eigenvalue weighted by molar-refractivity contribution is 0.0918. The van der Waals surface area contributed by atoms with Crippen molar-refractivity contribution in [1.82, 2.24) is 10.2 Å². The van der Waals surface area contributed by atoms with Gasteiger partial charge < -0.3 is 5.32 Å². The average Bonchev–Trinajstić information content (AvgIpc) is 3.09. The zero-order valence-electron chi connectivity index (χ0n) is 13.7. The van der Waals surface area contributed by atoms with E-state index in [1.54, 1.807) is 6.07 Å². The standard InChI is InChI=1S/C17H24N2O3S/c1-12-5-6-14(9-13(12)2)17(20)18-15-10-23(21,22)11-16(15)19-7-3-4-8-19/h5-6,9,15-16H,3-4,7-8,10-11H2,1-2H3,(H,18,20)/t15-,16-/m1/s1. The number of nitrogens with one attached hydrogen (secondary N) is 1. The van der Waals surface area contributed by atoms with Crippen molar-refractivity contribution in [3.05, 3.63) is 34.9 Å². The van der Waals surface area contributed by atoms with Gasteiger partial charge in [0.15, 0.2) is 9.84 Å². The molecule has 6 heteroatoms. The first-order chi connectivity index (χ1) is 10.9. The molecule has 1 aromatic rings. The first kappa shape index (κ1) is 16.5. The van der Waals surface area contributed by atoms with Crippen LogP contribution >= 0.6 is 0 Å². The molecule has 1 N–H and O–H groups in total. The van der Waals surface area contributed by atoms with Crippen LogP contribution in [0.4, 0.5) is 0 Å². The summed E-state index contributed by atoms with van der Waals surface area (Å²) < 4.78 is 24.1. The molecule has 0 spiro atoms. The Bertz CT molecular complexity index is 709. The summed E-state index contributed by atoms with van der Waals surface area (Å²) in [5.74, 6) is 0.0229. The highest BCUT2D eigenvalue weighted by Crippen LogP contribution is 2.23. The molecule has 2 fully saturated rings. The van der Waals surface area contributed by atoms with Gasteiger partial charge in [0.25, 0.3) is 5.91 Å². The molecule has 3 rings (SSSR count). The van der Waals surface area contributed by atoms with Crippen LogP contribution in [0, 0.1) is 13.8 Å². The van der Waals surface area contributed by atoms with Gasteiger partial charge in [0.05, 0.1) is 17.5 Å². The number of likely N-dealkylation sites (tertiary alicyclic amines) is 1. The lowest BCUT2D eigenvalue weighted by Crippen LogP contribution is -2.50. The van der Waals surface area contributed by atoms with E-state index in [4.69, 9.17) is 0 Å². The van der Waals surface area contributed by atoms with Gasteiger partial charge in [-0.25, -0.2) is 8.42 Å². The summed E-state index contributed by atoms with van der Waals surface area (Å²) in [6.07, 6.45) is 2.21. The molecule has 0 unspecified atom stereocenters. The average molecular weight is 336 g/mol. The second-order valence-electron chi connectivity index (χ2n) is 6.77. The van der Waals surface area contributed by atoms with Crippen LogP contribution in [0.25, 0.3) is 0 Å². The Morgan fingerprint density at radius 1 is 1.13 bits per heavy atom. The van der Waals surface area contributed by atoms with Crippen molar-refractivity contribution >= 4 is 15.7 Å². The smallest absolute Gasteiger partial charge is 0.251 e. The van der Waals surface area contributed by atoms with E-state index in [1.807, 2.05) is 26.0 Å². The minimum Gasteiger partial charge on any atom is -0.347 e. The fraction of sp³-hybridized carbons (Fsp3) is 0.588. The molecule has 2 aliphatic heterocycles. The van der Waals surface area contributed by atoms with Crippen molar-refractivity contribution in [2.45, 2.75) is 38.8 Å². The number of carbonyl (C=O) groups excluding carboxylic acids is 1. The number of hydrogen-bond acceptors (Lipinski definition) is 4. The summed E-state index contributed by atoms with van der Waals surface area (Å²) in [5.41, 5.74) is 2.80. The zero-order valence-corrected chi connectivity index (χ0v) is 14.5. The fourth-order valence-corrected chi connectivity index (χ4v) is 5.49. The molecule has 126 valence electrons. The molecule has 1 aromatic carbocycles. The van der Waals surface area contributed by atoms with E-state index >= 15 is 0 Å². The highest BCUT2D eigenvalue weighted by molar-refractivity contribution is 7.91. The third kappa shape index (κ3) is 3.58. The second kappa shape index (κ2) is 6.24. The maximum absolute atomic E-state index is 12.5. The number of hydrogen-bond donors (Lipinski definition) is 1. The first-order valence-electron chi connectivity index (χ1n) is 8.18. The maximum atomic E-state index is 12.5. The Morgan fingerprint density at radius 3 is 2.48 bits per heavy atom. The lowest BCUT2D eigenvalue weighted by atomic mass is 10.0. The molecule has 2 aliphatic rings. The van der Waals surface area contributed by atoms with E-state index in [-0.39, 0.29) is 29.5 Å². The van der Waals surface area contributed by atoms with Gasteiger partial charge in [-0.05, 0) is 63.0 Å². The van der Waals surface area contributed by atoms with Gasteiger partial charge in [0.2, 0.25) is 0 Å². The van der Waals surface area contributed by atoms with Crippen molar-refractivity contribution in [1.29, 1.82) is 0 Å². The highest BCUT2D eigenvalue weighted by Gasteiger charge is 2.42. The molecule has 0 bridgehead atoms. The van der Waals surface area contributed by atoms with Crippen LogP contribution < -0.4 is 5.32 Å². The number of nitrogens with zero attached hydrogens (tertiary/aromatic N) is 1. The van der Waals surface area contributed by atoms with E-state index in [0.717, 1.165) is 37.1 Å². The summed E-state index contributed by atoms with van der Waals surface area (Å²) in [6.45, 7) is 5.83. The van der Waals surface area contributed by atoms with Crippen LogP contribution in [-0.4, -0.2) is 55.9 Å². The lowest BCUT2D eigenvalue weighted by Gasteiger charge is -2.28. The quantitative estimate of drug-likeness (QED) is 0.903. The van der Waals surface area contributed by atoms with Crippen LogP contribution in [0.15, 0.2) is 18.2 Å². The van der Waals surface area contributed by atoms with Gasteiger partial charge in [-0.15, -0.1) is 0 Å². The Hall–Kier alpha value is -1.40. The summed E-state index contributed by atoms with van der Waals surface area (Å²) in [4.78, 5) is 14.7. The van der Waals surface area contributed by atoms with Crippen LogP contribution in [0.3, 0.4) is 0 Å². The molecule has 0 radical (unpaired) electrons. The van der Waals surface area contributed by atoms with Crippen LogP contribution in [0.1, 0.15) is 34.3 Å². The topological polar surface area (TPSA) is 66.5 Å². The molecule has 23 heavy (non-hydrogen) atoms. The van der Waals surface area contributed by atoms with Crippen LogP contribution in [0.2, 0.25) is 0 Å². The van der Waals surface area contributed by atoms with Gasteiger partial charge in [-0.2, -0.15) is 0 Å². The molecule has 5 nitrogen and oxygen atoms in total. The molecule has 2 heterocycles. The first-order valence-corrected chi connectivity index (χ1v) is 10.0. The van der Waals surface area contributed by atoms with Crippen LogP contribution in [0.5, 0.6) is 0 Å². The Labute approximate surface area is 138 Å². The van der Waals surface area contributed by atoms with Gasteiger partial charge in [0.1, 0.15) is 0 Å². The minimum atomic E-state index is -3.08. The van der Waals surface area contributed by atoms with Crippen LogP contribution in [-0.2, 0) is 9.84 Å². The van der Waals surface area contributed by atoms with Crippen molar-refractivity contribution < 1.29 is 13.2 Å². The van der Waals surface area contributed by atoms with Gasteiger partial charge in [-0.3, -0.25) is 9.69 Å². The monoisotopic (exact) mass is 336 g/mol. The third-order valence-corrected chi connectivity index (χ3v) is 6.73. The van der Waals surface area contributed by atoms with E-state index < -0.39 is 9.84 Å². The molecular formula is C17H24N2O3S. The van der Waals surface area contributed by atoms with Gasteiger partial charge in [-0.1, -0.05) is 6.07 Å². The minimum absolute atomic E-state index is 0.0464. The fourth-order valence-electron chi connectivity index (χ4n) is 3.53.